The lowest BCUT2D eigenvalue weighted by Crippen LogP contribution is -2.15. The number of pyridine rings is 1. The van der Waals surface area contributed by atoms with E-state index in [1.807, 2.05) is 0 Å². The van der Waals surface area contributed by atoms with Crippen LogP contribution in [-0.4, -0.2) is 22.3 Å². The van der Waals surface area contributed by atoms with Gasteiger partial charge in [0.25, 0.3) is 0 Å². The average Bonchev–Trinajstić information content (AvgIpc) is 2.61. The van der Waals surface area contributed by atoms with Gasteiger partial charge in [-0.25, -0.2) is 4.98 Å². The largest absolute Gasteiger partial charge is 0.339 e. The first kappa shape index (κ1) is 24.3. The number of allylic oxidation sites excluding steroid dienone is 4. The summed E-state index contributed by atoms with van der Waals surface area (Å²) in [4.78, 5) is 37.7. The fourth-order valence-corrected chi connectivity index (χ4v) is 3.40. The third kappa shape index (κ3) is 8.35. The van der Waals surface area contributed by atoms with E-state index in [-0.39, 0.29) is 17.3 Å². The fourth-order valence-electron chi connectivity index (χ4n) is 3.24. The summed E-state index contributed by atoms with van der Waals surface area (Å²) in [6, 6.07) is 3.44. The van der Waals surface area contributed by atoms with Crippen molar-refractivity contribution in [1.82, 2.24) is 4.98 Å². The molecular formula is C19H18Cl4NO4P. The van der Waals surface area contributed by atoms with Gasteiger partial charge in [0, 0.05) is 30.4 Å². The Labute approximate surface area is 188 Å². The van der Waals surface area contributed by atoms with Crippen LogP contribution in [0.1, 0.15) is 54.6 Å². The van der Waals surface area contributed by atoms with Crippen LogP contribution in [0.3, 0.4) is 0 Å². The second kappa shape index (κ2) is 10.9. The van der Waals surface area contributed by atoms with Crippen LogP contribution in [0.25, 0.3) is 0 Å². The highest BCUT2D eigenvalue weighted by molar-refractivity contribution is 8.24. The maximum atomic E-state index is 11.3. The van der Waals surface area contributed by atoms with Gasteiger partial charge in [-0.1, -0.05) is 17.2 Å². The second-order valence-corrected chi connectivity index (χ2v) is 13.6. The number of halogens is 4. The van der Waals surface area contributed by atoms with Crippen molar-refractivity contribution in [3.05, 3.63) is 51.8 Å². The van der Waals surface area contributed by atoms with E-state index >= 15 is 0 Å². The van der Waals surface area contributed by atoms with Gasteiger partial charge in [-0.15, -0.1) is 0 Å². The van der Waals surface area contributed by atoms with Crippen molar-refractivity contribution in [3.63, 3.8) is 0 Å². The Bertz CT molecular complexity index is 928. The summed E-state index contributed by atoms with van der Waals surface area (Å²) in [7, 11) is 0. The van der Waals surface area contributed by atoms with E-state index < -0.39 is 5.20 Å². The summed E-state index contributed by atoms with van der Waals surface area (Å²) >= 11 is 19.6. The molecule has 0 fully saturated rings. The molecule has 10 heteroatoms. The zero-order valence-electron chi connectivity index (χ0n) is 15.3. The number of Topliss-reactive ketones (excluding diaryl/α,β-unsaturated/α-hetero) is 2. The molecule has 156 valence electrons. The number of fused-ring (bicyclic) bond motifs is 1. The standard InChI is InChI=1S/C10H10O2.C9H8ClNO.Cl3OP/c11-8-4-5-9-7(6-8)2-1-3-10(9)12;10-9-5-4-6-7(11-9)2-1-3-8(6)12;1-5(2,3)4/h4-5H,1-3,6H2;4-5H,1-3H2;. The molecule has 1 heterocycles. The van der Waals surface area contributed by atoms with Crippen molar-refractivity contribution in [2.75, 3.05) is 0 Å². The van der Waals surface area contributed by atoms with Crippen LogP contribution < -0.4 is 0 Å². The molecule has 1 aromatic rings. The van der Waals surface area contributed by atoms with Crippen LogP contribution in [0.4, 0.5) is 0 Å². The lowest BCUT2D eigenvalue weighted by molar-refractivity contribution is -0.116. The number of carbonyl (C=O) groups excluding carboxylic acids is 3. The minimum atomic E-state index is -3.22. The predicted octanol–water partition coefficient (Wildman–Crippen LogP) is 6.63. The smallest absolute Gasteiger partial charge is 0.294 e. The van der Waals surface area contributed by atoms with Gasteiger partial charge in [-0.2, -0.15) is 0 Å². The van der Waals surface area contributed by atoms with Gasteiger partial charge in [0.1, 0.15) is 5.15 Å². The second-order valence-electron chi connectivity index (χ2n) is 6.57. The first-order chi connectivity index (χ1) is 13.5. The van der Waals surface area contributed by atoms with E-state index in [0.717, 1.165) is 48.1 Å². The van der Waals surface area contributed by atoms with Gasteiger partial charge in [0.05, 0.1) is 5.69 Å². The highest BCUT2D eigenvalue weighted by Crippen LogP contribution is 2.61. The summed E-state index contributed by atoms with van der Waals surface area (Å²) in [6.45, 7) is 0. The summed E-state index contributed by atoms with van der Waals surface area (Å²) in [5.41, 5.74) is 3.48. The lowest BCUT2D eigenvalue weighted by Gasteiger charge is -2.18. The van der Waals surface area contributed by atoms with Crippen molar-refractivity contribution < 1.29 is 18.9 Å². The van der Waals surface area contributed by atoms with Crippen LogP contribution in [0, 0.1) is 0 Å². The topological polar surface area (TPSA) is 81.2 Å². The molecule has 0 radical (unpaired) electrons. The molecule has 0 unspecified atom stereocenters. The van der Waals surface area contributed by atoms with E-state index in [1.165, 1.54) is 6.08 Å². The third-order valence-electron chi connectivity index (χ3n) is 4.45. The van der Waals surface area contributed by atoms with Crippen LogP contribution in [-0.2, 0) is 20.6 Å². The SMILES string of the molecule is O=C1C=CC2=C(CCCC2=O)C1.O=C1CCCc2nc(Cl)ccc21.O=P(Cl)(Cl)Cl. The zero-order valence-corrected chi connectivity index (χ0v) is 19.2. The van der Waals surface area contributed by atoms with Crippen molar-refractivity contribution in [2.45, 2.75) is 44.9 Å². The van der Waals surface area contributed by atoms with Gasteiger partial charge < -0.3 is 0 Å². The summed E-state index contributed by atoms with van der Waals surface area (Å²) in [5, 5.41) is -2.75. The van der Waals surface area contributed by atoms with Gasteiger partial charge in [-0.3, -0.25) is 18.9 Å². The molecule has 5 nitrogen and oxygen atoms in total. The number of aromatic nitrogens is 1. The van der Waals surface area contributed by atoms with E-state index in [4.69, 9.17) is 11.6 Å². The molecule has 4 rings (SSSR count). The normalized spacial score (nSPS) is 18.1. The minimum Gasteiger partial charge on any atom is -0.294 e. The molecule has 1 aromatic heterocycles. The number of rotatable bonds is 0. The fraction of sp³-hybridized carbons (Fsp3) is 0.368. The Kier molecular flexibility index (Phi) is 9.12. The molecule has 0 saturated heterocycles. The number of hydrogen-bond donors (Lipinski definition) is 0. The predicted molar refractivity (Wildman–Crippen MR) is 116 cm³/mol. The molecule has 29 heavy (non-hydrogen) atoms. The summed E-state index contributed by atoms with van der Waals surface area (Å²) in [6.07, 6.45) is 8.59. The number of nitrogens with zero attached hydrogens (tertiary/aromatic N) is 1. The maximum Gasteiger partial charge on any atom is 0.339 e. The molecule has 3 aliphatic carbocycles. The highest BCUT2D eigenvalue weighted by atomic mass is 36.0. The highest BCUT2D eigenvalue weighted by Gasteiger charge is 2.22. The van der Waals surface area contributed by atoms with Crippen molar-refractivity contribution in [1.29, 1.82) is 0 Å². The van der Waals surface area contributed by atoms with Gasteiger partial charge in [-0.05, 0) is 83.7 Å². The number of aryl methyl sites for hydroxylation is 1. The molecule has 3 aliphatic rings. The third-order valence-corrected chi connectivity index (χ3v) is 4.66. The Morgan fingerprint density at radius 3 is 2.17 bits per heavy atom. The molecule has 0 aliphatic heterocycles. The van der Waals surface area contributed by atoms with Gasteiger partial charge in [0.15, 0.2) is 17.3 Å². The summed E-state index contributed by atoms with van der Waals surface area (Å²) < 4.78 is 9.51. The van der Waals surface area contributed by atoms with E-state index in [0.29, 0.717) is 24.4 Å². The van der Waals surface area contributed by atoms with Crippen LogP contribution in [0.5, 0.6) is 0 Å². The quantitative estimate of drug-likeness (QED) is 0.297. The Hall–Kier alpha value is -0.970. The Morgan fingerprint density at radius 2 is 1.48 bits per heavy atom. The maximum absolute atomic E-state index is 11.3. The minimum absolute atomic E-state index is 0.128. The first-order valence-electron chi connectivity index (χ1n) is 8.88. The van der Waals surface area contributed by atoms with E-state index in [9.17, 15) is 18.9 Å². The van der Waals surface area contributed by atoms with E-state index in [1.54, 1.807) is 18.2 Å². The number of carbonyl (C=O) groups is 3. The van der Waals surface area contributed by atoms with Gasteiger partial charge >= 0.3 is 5.20 Å². The molecule has 0 aromatic carbocycles. The van der Waals surface area contributed by atoms with Crippen LogP contribution in [0.2, 0.25) is 5.15 Å². The lowest BCUT2D eigenvalue weighted by atomic mass is 9.85. The molecule has 0 N–H and O–H groups in total. The summed E-state index contributed by atoms with van der Waals surface area (Å²) in [5.74, 6) is 0.531. The van der Waals surface area contributed by atoms with Crippen molar-refractivity contribution in [2.24, 2.45) is 0 Å². The van der Waals surface area contributed by atoms with E-state index in [2.05, 4.69) is 38.7 Å². The molecule has 0 saturated carbocycles. The molecule has 0 spiro atoms. The van der Waals surface area contributed by atoms with Crippen LogP contribution >= 0.6 is 50.5 Å². The first-order valence-corrected chi connectivity index (χ1v) is 13.7. The average molecular weight is 497 g/mol. The Balaban J connectivity index is 0.000000170. The number of ketones is 3. The van der Waals surface area contributed by atoms with Crippen LogP contribution in [0.15, 0.2) is 35.4 Å². The Morgan fingerprint density at radius 1 is 0.862 bits per heavy atom. The molecule has 0 bridgehead atoms. The zero-order chi connectivity index (χ0) is 21.6. The molecule has 0 atom stereocenters. The number of hydrogen-bond acceptors (Lipinski definition) is 5. The van der Waals surface area contributed by atoms with Crippen molar-refractivity contribution in [3.8, 4) is 0 Å². The molecule has 0 amide bonds. The van der Waals surface area contributed by atoms with Gasteiger partial charge in [0.2, 0.25) is 0 Å². The molecular weight excluding hydrogens is 479 g/mol. The monoisotopic (exact) mass is 495 g/mol. The van der Waals surface area contributed by atoms with Crippen molar-refractivity contribution >= 4 is 67.9 Å².